The van der Waals surface area contributed by atoms with Crippen molar-refractivity contribution in [1.29, 1.82) is 0 Å². The van der Waals surface area contributed by atoms with Crippen LogP contribution in [0.15, 0.2) is 67.0 Å². The van der Waals surface area contributed by atoms with Crippen molar-refractivity contribution in [2.45, 2.75) is 13.0 Å². The Morgan fingerprint density at radius 1 is 1.00 bits per heavy atom. The molecule has 0 aliphatic heterocycles. The summed E-state index contributed by atoms with van der Waals surface area (Å²) in [6.45, 7) is 1.84. The Balaban J connectivity index is 1.76. The first-order chi connectivity index (χ1) is 13.0. The Bertz CT molecular complexity index is 900. The summed E-state index contributed by atoms with van der Waals surface area (Å²) >= 11 is 0. The molecule has 0 radical (unpaired) electrons. The maximum Gasteiger partial charge on any atom is 0.238 e. The zero-order chi connectivity index (χ0) is 19.2. The Morgan fingerprint density at radius 2 is 1.63 bits per heavy atom. The second-order valence-corrected chi connectivity index (χ2v) is 6.22. The summed E-state index contributed by atoms with van der Waals surface area (Å²) in [5, 5.41) is 5.83. The molecule has 0 fully saturated rings. The quantitative estimate of drug-likeness (QED) is 0.693. The molecule has 0 atom stereocenters. The average molecular weight is 367 g/mol. The Kier molecular flexibility index (Phi) is 5.88. The van der Waals surface area contributed by atoms with Crippen LogP contribution >= 0.6 is 0 Å². The number of hydrogen-bond acceptors (Lipinski definition) is 3. The number of rotatable bonds is 6. The first kappa shape index (κ1) is 18.7. The first-order valence-corrected chi connectivity index (χ1v) is 8.47. The van der Waals surface area contributed by atoms with Crippen molar-refractivity contribution in [3.63, 3.8) is 0 Å². The number of pyridine rings is 1. The third-order valence-corrected chi connectivity index (χ3v) is 3.99. The van der Waals surface area contributed by atoms with E-state index in [9.17, 15) is 13.6 Å². The highest BCUT2D eigenvalue weighted by Gasteiger charge is 2.16. The minimum atomic E-state index is -0.530. The number of anilines is 1. The van der Waals surface area contributed by atoms with Crippen molar-refractivity contribution in [3.05, 3.63) is 95.3 Å². The Hall–Kier alpha value is -3.12. The Morgan fingerprint density at radius 3 is 2.19 bits per heavy atom. The lowest BCUT2D eigenvalue weighted by molar-refractivity contribution is -0.115. The topological polar surface area (TPSA) is 54.0 Å². The van der Waals surface area contributed by atoms with E-state index in [4.69, 9.17) is 0 Å². The van der Waals surface area contributed by atoms with Gasteiger partial charge >= 0.3 is 0 Å². The molecule has 27 heavy (non-hydrogen) atoms. The van der Waals surface area contributed by atoms with Crippen LogP contribution in [0.4, 0.5) is 14.5 Å². The lowest BCUT2D eigenvalue weighted by Crippen LogP contribution is -2.32. The molecule has 0 unspecified atom stereocenters. The van der Waals surface area contributed by atoms with Crippen LogP contribution in [0.2, 0.25) is 0 Å². The highest BCUT2D eigenvalue weighted by Crippen LogP contribution is 2.23. The van der Waals surface area contributed by atoms with Crippen LogP contribution in [0.5, 0.6) is 0 Å². The monoisotopic (exact) mass is 367 g/mol. The van der Waals surface area contributed by atoms with Gasteiger partial charge in [0.2, 0.25) is 5.91 Å². The molecule has 3 rings (SSSR count). The van der Waals surface area contributed by atoms with Gasteiger partial charge in [-0.2, -0.15) is 0 Å². The third kappa shape index (κ3) is 5.18. The van der Waals surface area contributed by atoms with E-state index in [-0.39, 0.29) is 12.5 Å². The molecule has 0 aliphatic carbocycles. The molecule has 0 spiro atoms. The molecule has 4 nitrogen and oxygen atoms in total. The number of aryl methyl sites for hydroxylation is 1. The van der Waals surface area contributed by atoms with Crippen LogP contribution in [-0.4, -0.2) is 17.4 Å². The number of aromatic nitrogens is 1. The molecular formula is C21H19F2N3O. The van der Waals surface area contributed by atoms with Crippen molar-refractivity contribution in [1.82, 2.24) is 10.3 Å². The fourth-order valence-corrected chi connectivity index (χ4v) is 2.82. The van der Waals surface area contributed by atoms with Crippen molar-refractivity contribution < 1.29 is 13.6 Å². The summed E-state index contributed by atoms with van der Waals surface area (Å²) in [6, 6.07) is 13.3. The van der Waals surface area contributed by atoms with Crippen molar-refractivity contribution in [3.8, 4) is 0 Å². The standard InChI is InChI=1S/C21H19F2N3O/c1-14-8-19(12-24-11-14)26-20(27)13-25-21(15-4-2-6-17(22)9-15)16-5-3-7-18(23)10-16/h2-12,21,25H,13H2,1H3,(H,26,27). The van der Waals surface area contributed by atoms with Gasteiger partial charge in [0, 0.05) is 6.20 Å². The molecule has 2 N–H and O–H groups in total. The summed E-state index contributed by atoms with van der Waals surface area (Å²) in [4.78, 5) is 16.3. The molecule has 3 aromatic rings. The van der Waals surface area contributed by atoms with E-state index in [1.165, 1.54) is 24.3 Å². The number of nitrogens with zero attached hydrogens (tertiary/aromatic N) is 1. The van der Waals surface area contributed by atoms with Gasteiger partial charge in [0.1, 0.15) is 11.6 Å². The molecule has 1 amide bonds. The largest absolute Gasteiger partial charge is 0.324 e. The zero-order valence-corrected chi connectivity index (χ0v) is 14.7. The minimum absolute atomic E-state index is 0.0361. The van der Waals surface area contributed by atoms with E-state index in [1.807, 2.05) is 13.0 Å². The van der Waals surface area contributed by atoms with E-state index in [0.29, 0.717) is 16.8 Å². The lowest BCUT2D eigenvalue weighted by Gasteiger charge is -2.20. The smallest absolute Gasteiger partial charge is 0.238 e. The number of carbonyl (C=O) groups is 1. The molecule has 138 valence electrons. The van der Waals surface area contributed by atoms with Crippen LogP contribution in [0, 0.1) is 18.6 Å². The van der Waals surface area contributed by atoms with Gasteiger partial charge in [-0.25, -0.2) is 8.78 Å². The molecule has 6 heteroatoms. The summed E-state index contributed by atoms with van der Waals surface area (Å²) in [5.41, 5.74) is 2.73. The van der Waals surface area contributed by atoms with E-state index in [0.717, 1.165) is 5.56 Å². The predicted octanol–water partition coefficient (Wildman–Crippen LogP) is 3.99. The number of amides is 1. The van der Waals surface area contributed by atoms with Gasteiger partial charge < -0.3 is 5.32 Å². The van der Waals surface area contributed by atoms with E-state index in [1.54, 1.807) is 36.7 Å². The molecular weight excluding hydrogens is 348 g/mol. The normalized spacial score (nSPS) is 10.8. The maximum atomic E-state index is 13.7. The van der Waals surface area contributed by atoms with Crippen molar-refractivity contribution >= 4 is 11.6 Å². The van der Waals surface area contributed by atoms with E-state index < -0.39 is 17.7 Å². The fourth-order valence-electron chi connectivity index (χ4n) is 2.82. The summed E-state index contributed by atoms with van der Waals surface area (Å²) in [5.74, 6) is -1.07. The average Bonchev–Trinajstić information content (AvgIpc) is 2.62. The predicted molar refractivity (Wildman–Crippen MR) is 100 cm³/mol. The summed E-state index contributed by atoms with van der Waals surface area (Å²) in [7, 11) is 0. The van der Waals surface area contributed by atoms with Crippen LogP contribution in [0.25, 0.3) is 0 Å². The summed E-state index contributed by atoms with van der Waals surface area (Å²) < 4.78 is 27.3. The van der Waals surface area contributed by atoms with Crippen LogP contribution < -0.4 is 10.6 Å². The van der Waals surface area contributed by atoms with Gasteiger partial charge in [-0.1, -0.05) is 24.3 Å². The van der Waals surface area contributed by atoms with E-state index in [2.05, 4.69) is 15.6 Å². The molecule has 0 saturated carbocycles. The van der Waals surface area contributed by atoms with Crippen molar-refractivity contribution in [2.24, 2.45) is 0 Å². The van der Waals surface area contributed by atoms with Crippen LogP contribution in [-0.2, 0) is 4.79 Å². The van der Waals surface area contributed by atoms with E-state index >= 15 is 0 Å². The van der Waals surface area contributed by atoms with Gasteiger partial charge in [0.15, 0.2) is 0 Å². The third-order valence-electron chi connectivity index (χ3n) is 3.99. The number of nitrogens with one attached hydrogen (secondary N) is 2. The van der Waals surface area contributed by atoms with Gasteiger partial charge in [-0.3, -0.25) is 15.1 Å². The molecule has 0 bridgehead atoms. The van der Waals surface area contributed by atoms with Crippen LogP contribution in [0.3, 0.4) is 0 Å². The molecule has 1 heterocycles. The number of halogens is 2. The maximum absolute atomic E-state index is 13.7. The Labute approximate surface area is 156 Å². The second-order valence-electron chi connectivity index (χ2n) is 6.22. The molecule has 0 aliphatic rings. The van der Waals surface area contributed by atoms with Crippen molar-refractivity contribution in [2.75, 3.05) is 11.9 Å². The van der Waals surface area contributed by atoms with Gasteiger partial charge in [-0.15, -0.1) is 0 Å². The summed E-state index contributed by atoms with van der Waals surface area (Å²) in [6.07, 6.45) is 3.25. The highest BCUT2D eigenvalue weighted by atomic mass is 19.1. The molecule has 2 aromatic carbocycles. The number of hydrogen-bond donors (Lipinski definition) is 2. The zero-order valence-electron chi connectivity index (χ0n) is 14.7. The SMILES string of the molecule is Cc1cncc(NC(=O)CNC(c2cccc(F)c2)c2cccc(F)c2)c1. The molecule has 1 aromatic heterocycles. The van der Waals surface area contributed by atoms with Gasteiger partial charge in [-0.05, 0) is 53.9 Å². The highest BCUT2D eigenvalue weighted by molar-refractivity contribution is 5.92. The molecule has 0 saturated heterocycles. The lowest BCUT2D eigenvalue weighted by atomic mass is 9.98. The first-order valence-electron chi connectivity index (χ1n) is 8.47. The van der Waals surface area contributed by atoms with Crippen LogP contribution in [0.1, 0.15) is 22.7 Å². The fraction of sp³-hybridized carbons (Fsp3) is 0.143. The van der Waals surface area contributed by atoms with Gasteiger partial charge in [0.25, 0.3) is 0 Å². The minimum Gasteiger partial charge on any atom is -0.324 e. The second kappa shape index (κ2) is 8.51. The number of carbonyl (C=O) groups excluding carboxylic acids is 1. The number of benzene rings is 2. The van der Waals surface area contributed by atoms with Gasteiger partial charge in [0.05, 0.1) is 24.5 Å².